The van der Waals surface area contributed by atoms with E-state index in [1.165, 1.54) is 212 Å². The highest BCUT2D eigenvalue weighted by Crippen LogP contribution is 2.18. The molecule has 1 amide bonds. The standard InChI is InChI=1S/C57H109NO5/c1-4-7-10-13-16-19-22-24-26-27-28-30-32-35-38-41-44-47-50-57(62)63-53(48-45-42-39-36-33-21-18-15-12-9-6-3)51-56(61)58-54(52-59)55(60)49-46-43-40-37-34-31-29-25-23-20-17-14-11-8-5-2/h36,39,45,48,53-55,59-60H,4-35,37-38,40-44,46-47,49-52H2,1-3H3,(H,58,61)/b39-36-,48-45+. The summed E-state index contributed by atoms with van der Waals surface area (Å²) in [4.78, 5) is 26.1. The second kappa shape index (κ2) is 51.3. The van der Waals surface area contributed by atoms with Crippen LogP contribution in [0.25, 0.3) is 0 Å². The predicted octanol–water partition coefficient (Wildman–Crippen LogP) is 17.1. The van der Waals surface area contributed by atoms with Gasteiger partial charge in [0.05, 0.1) is 25.2 Å². The van der Waals surface area contributed by atoms with Crippen molar-refractivity contribution < 1.29 is 24.5 Å². The van der Waals surface area contributed by atoms with E-state index in [2.05, 4.69) is 38.2 Å². The van der Waals surface area contributed by atoms with Crippen LogP contribution in [0.2, 0.25) is 0 Å². The molecule has 0 rings (SSSR count). The van der Waals surface area contributed by atoms with Crippen molar-refractivity contribution in [3.63, 3.8) is 0 Å². The molecule has 0 aromatic heterocycles. The topological polar surface area (TPSA) is 95.9 Å². The Balaban J connectivity index is 4.49. The van der Waals surface area contributed by atoms with Crippen LogP contribution in [0.3, 0.4) is 0 Å². The number of carbonyl (C=O) groups is 2. The van der Waals surface area contributed by atoms with Crippen LogP contribution in [-0.4, -0.2) is 46.9 Å². The summed E-state index contributed by atoms with van der Waals surface area (Å²) >= 11 is 0. The minimum absolute atomic E-state index is 0.0228. The number of ether oxygens (including phenoxy) is 1. The zero-order chi connectivity index (χ0) is 45.9. The van der Waals surface area contributed by atoms with Crippen molar-refractivity contribution in [2.75, 3.05) is 6.61 Å². The normalized spacial score (nSPS) is 13.3. The van der Waals surface area contributed by atoms with E-state index in [9.17, 15) is 19.8 Å². The highest BCUT2D eigenvalue weighted by atomic mass is 16.5. The number of hydrogen-bond acceptors (Lipinski definition) is 5. The molecule has 0 aliphatic carbocycles. The van der Waals surface area contributed by atoms with E-state index in [0.717, 1.165) is 51.4 Å². The lowest BCUT2D eigenvalue weighted by atomic mass is 10.0. The molecule has 0 aromatic rings. The molecule has 0 heterocycles. The number of aliphatic hydroxyl groups excluding tert-OH is 2. The van der Waals surface area contributed by atoms with Gasteiger partial charge >= 0.3 is 5.97 Å². The highest BCUT2D eigenvalue weighted by Gasteiger charge is 2.23. The second-order valence-electron chi connectivity index (χ2n) is 19.3. The van der Waals surface area contributed by atoms with Gasteiger partial charge in [-0.15, -0.1) is 0 Å². The molecule has 3 N–H and O–H groups in total. The lowest BCUT2D eigenvalue weighted by Crippen LogP contribution is -2.46. The molecule has 0 aromatic carbocycles. The summed E-state index contributed by atoms with van der Waals surface area (Å²) in [6.45, 7) is 6.48. The van der Waals surface area contributed by atoms with E-state index < -0.39 is 18.2 Å². The maximum absolute atomic E-state index is 13.2. The molecule has 0 bridgehead atoms. The Morgan fingerprint density at radius 3 is 1.24 bits per heavy atom. The van der Waals surface area contributed by atoms with Gasteiger partial charge in [-0.1, -0.05) is 277 Å². The van der Waals surface area contributed by atoms with Crippen LogP contribution in [0.5, 0.6) is 0 Å². The zero-order valence-corrected chi connectivity index (χ0v) is 42.5. The first-order chi connectivity index (χ1) is 31.0. The summed E-state index contributed by atoms with van der Waals surface area (Å²) in [5.41, 5.74) is 0. The van der Waals surface area contributed by atoms with Gasteiger partial charge in [0.25, 0.3) is 0 Å². The molecule has 6 nitrogen and oxygen atoms in total. The fourth-order valence-corrected chi connectivity index (χ4v) is 8.75. The van der Waals surface area contributed by atoms with E-state index in [4.69, 9.17) is 4.74 Å². The molecule has 0 saturated heterocycles. The third kappa shape index (κ3) is 46.7. The number of rotatable bonds is 51. The van der Waals surface area contributed by atoms with Crippen molar-refractivity contribution in [1.29, 1.82) is 0 Å². The van der Waals surface area contributed by atoms with Gasteiger partial charge in [0.2, 0.25) is 5.91 Å². The smallest absolute Gasteiger partial charge is 0.306 e. The van der Waals surface area contributed by atoms with E-state index >= 15 is 0 Å². The second-order valence-corrected chi connectivity index (χ2v) is 19.3. The lowest BCUT2D eigenvalue weighted by Gasteiger charge is -2.23. The largest absolute Gasteiger partial charge is 0.458 e. The Kier molecular flexibility index (Phi) is 50.0. The van der Waals surface area contributed by atoms with E-state index in [1.807, 2.05) is 12.2 Å². The number of unbranched alkanes of at least 4 members (excludes halogenated alkanes) is 37. The van der Waals surface area contributed by atoms with E-state index in [-0.39, 0.29) is 24.9 Å². The summed E-state index contributed by atoms with van der Waals surface area (Å²) in [6, 6.07) is -0.728. The van der Waals surface area contributed by atoms with E-state index in [0.29, 0.717) is 12.8 Å². The molecule has 63 heavy (non-hydrogen) atoms. The highest BCUT2D eigenvalue weighted by molar-refractivity contribution is 5.78. The Bertz CT molecular complexity index is 997. The molecule has 0 radical (unpaired) electrons. The van der Waals surface area contributed by atoms with Gasteiger partial charge in [0, 0.05) is 6.42 Å². The average molecular weight is 889 g/mol. The first-order valence-electron chi connectivity index (χ1n) is 28.1. The molecule has 0 spiro atoms. The fraction of sp³-hybridized carbons (Fsp3) is 0.895. The van der Waals surface area contributed by atoms with E-state index in [1.54, 1.807) is 0 Å². The zero-order valence-electron chi connectivity index (χ0n) is 42.5. The van der Waals surface area contributed by atoms with Crippen LogP contribution >= 0.6 is 0 Å². The molecule has 3 unspecified atom stereocenters. The van der Waals surface area contributed by atoms with Gasteiger partial charge in [-0.25, -0.2) is 0 Å². The summed E-state index contributed by atoms with van der Waals surface area (Å²) in [7, 11) is 0. The van der Waals surface area contributed by atoms with Crippen molar-refractivity contribution in [2.45, 2.75) is 322 Å². The van der Waals surface area contributed by atoms with Crippen molar-refractivity contribution in [1.82, 2.24) is 5.32 Å². The van der Waals surface area contributed by atoms with Gasteiger partial charge in [-0.3, -0.25) is 9.59 Å². The number of hydrogen-bond donors (Lipinski definition) is 3. The Morgan fingerprint density at radius 2 is 0.841 bits per heavy atom. The minimum atomic E-state index is -0.807. The van der Waals surface area contributed by atoms with Crippen molar-refractivity contribution in [3.05, 3.63) is 24.3 Å². The van der Waals surface area contributed by atoms with Crippen molar-refractivity contribution in [3.8, 4) is 0 Å². The monoisotopic (exact) mass is 888 g/mol. The fourth-order valence-electron chi connectivity index (χ4n) is 8.75. The SMILES string of the molecule is CCCCCCCC/C=C\C/C=C/C(CC(=O)NC(CO)C(O)CCCCCCCCCCCCCCCCC)OC(=O)CCCCCCCCCCCCCCCCCCCC. The third-order valence-electron chi connectivity index (χ3n) is 13.0. The van der Waals surface area contributed by atoms with Gasteiger partial charge in [0.15, 0.2) is 0 Å². The van der Waals surface area contributed by atoms with Gasteiger partial charge in [-0.2, -0.15) is 0 Å². The predicted molar refractivity (Wildman–Crippen MR) is 273 cm³/mol. The molecule has 3 atom stereocenters. The van der Waals surface area contributed by atoms with Gasteiger partial charge in [-0.05, 0) is 38.2 Å². The third-order valence-corrected chi connectivity index (χ3v) is 13.0. The van der Waals surface area contributed by atoms with Crippen LogP contribution in [0.4, 0.5) is 0 Å². The van der Waals surface area contributed by atoms with Gasteiger partial charge in [0.1, 0.15) is 6.10 Å². The summed E-state index contributed by atoms with van der Waals surface area (Å²) < 4.78 is 5.85. The van der Waals surface area contributed by atoms with Crippen LogP contribution < -0.4 is 5.32 Å². The Morgan fingerprint density at radius 1 is 0.476 bits per heavy atom. The molecule has 6 heteroatoms. The first-order valence-corrected chi connectivity index (χ1v) is 28.1. The Hall–Kier alpha value is -1.66. The first kappa shape index (κ1) is 61.3. The molecule has 0 fully saturated rings. The molecule has 0 aliphatic rings. The summed E-state index contributed by atoms with van der Waals surface area (Å²) in [6.07, 6.45) is 59.9. The van der Waals surface area contributed by atoms with Crippen molar-refractivity contribution in [2.24, 2.45) is 0 Å². The summed E-state index contributed by atoms with van der Waals surface area (Å²) in [5, 5.41) is 23.8. The van der Waals surface area contributed by atoms with Crippen molar-refractivity contribution >= 4 is 11.9 Å². The number of esters is 1. The number of aliphatic hydroxyl groups is 2. The molecular weight excluding hydrogens is 779 g/mol. The van der Waals surface area contributed by atoms with Crippen LogP contribution in [0, 0.1) is 0 Å². The quantitative estimate of drug-likeness (QED) is 0.0321. The molecular formula is C57H109NO5. The maximum Gasteiger partial charge on any atom is 0.306 e. The number of allylic oxidation sites excluding steroid dienone is 3. The number of amides is 1. The minimum Gasteiger partial charge on any atom is -0.458 e. The van der Waals surface area contributed by atoms with Crippen LogP contribution in [-0.2, 0) is 14.3 Å². The van der Waals surface area contributed by atoms with Crippen LogP contribution in [0.1, 0.15) is 303 Å². The maximum atomic E-state index is 13.2. The molecule has 372 valence electrons. The average Bonchev–Trinajstić information content (AvgIpc) is 3.28. The van der Waals surface area contributed by atoms with Gasteiger partial charge < -0.3 is 20.3 Å². The summed E-state index contributed by atoms with van der Waals surface area (Å²) in [5.74, 6) is -0.585. The van der Waals surface area contributed by atoms with Crippen LogP contribution in [0.15, 0.2) is 24.3 Å². The number of carbonyl (C=O) groups excluding carboxylic acids is 2. The lowest BCUT2D eigenvalue weighted by molar-refractivity contribution is -0.148. The number of nitrogens with one attached hydrogen (secondary N) is 1. The Labute approximate surface area is 392 Å². The molecule has 0 aliphatic heterocycles. The molecule has 0 saturated carbocycles.